The number of halogens is 1. The third kappa shape index (κ3) is 3.14. The predicted octanol–water partition coefficient (Wildman–Crippen LogP) is 3.03. The third-order valence-corrected chi connectivity index (χ3v) is 5.81. The minimum absolute atomic E-state index is 0.230. The van der Waals surface area contributed by atoms with Gasteiger partial charge in [0.15, 0.2) is 0 Å². The predicted molar refractivity (Wildman–Crippen MR) is 107 cm³/mol. The molecule has 1 aromatic carbocycles. The molecule has 144 valence electrons. The maximum atomic E-state index is 13.0. The Labute approximate surface area is 167 Å². The fourth-order valence-electron chi connectivity index (χ4n) is 4.08. The molecule has 8 heteroatoms. The van der Waals surface area contributed by atoms with Gasteiger partial charge in [0, 0.05) is 23.5 Å². The van der Waals surface area contributed by atoms with Crippen LogP contribution in [0.15, 0.2) is 29.1 Å². The first-order valence-electron chi connectivity index (χ1n) is 9.36. The third-order valence-electron chi connectivity index (χ3n) is 5.55. The van der Waals surface area contributed by atoms with Crippen molar-refractivity contribution in [3.63, 3.8) is 0 Å². The van der Waals surface area contributed by atoms with Crippen molar-refractivity contribution < 1.29 is 4.79 Å². The van der Waals surface area contributed by atoms with E-state index >= 15 is 0 Å². The van der Waals surface area contributed by atoms with Gasteiger partial charge < -0.3 is 10.2 Å². The van der Waals surface area contributed by atoms with Gasteiger partial charge in [-0.05, 0) is 43.9 Å². The summed E-state index contributed by atoms with van der Waals surface area (Å²) in [6.07, 6.45) is 3.20. The first-order chi connectivity index (χ1) is 13.5. The zero-order valence-corrected chi connectivity index (χ0v) is 16.2. The molecule has 2 aliphatic heterocycles. The van der Waals surface area contributed by atoms with Crippen LogP contribution >= 0.6 is 11.6 Å². The van der Waals surface area contributed by atoms with E-state index in [-0.39, 0.29) is 17.4 Å². The highest BCUT2D eigenvalue weighted by Crippen LogP contribution is 2.38. The van der Waals surface area contributed by atoms with Gasteiger partial charge in [0.2, 0.25) is 11.9 Å². The molecule has 0 spiro atoms. The molecule has 2 aliphatic rings. The van der Waals surface area contributed by atoms with E-state index in [1.807, 2.05) is 6.07 Å². The molecule has 1 amide bonds. The van der Waals surface area contributed by atoms with E-state index in [1.54, 1.807) is 24.3 Å². The molecule has 3 unspecified atom stereocenters. The molecule has 3 atom stereocenters. The van der Waals surface area contributed by atoms with Crippen LogP contribution in [0.5, 0.6) is 0 Å². The lowest BCUT2D eigenvalue weighted by molar-refractivity contribution is -0.119. The Kier molecular flexibility index (Phi) is 4.82. The van der Waals surface area contributed by atoms with E-state index in [9.17, 15) is 14.9 Å². The second-order valence-corrected chi connectivity index (χ2v) is 7.75. The maximum Gasteiger partial charge on any atom is 0.258 e. The molecule has 0 radical (unpaired) electrons. The summed E-state index contributed by atoms with van der Waals surface area (Å²) >= 11 is 5.97. The van der Waals surface area contributed by atoms with Crippen molar-refractivity contribution in [2.24, 2.45) is 5.92 Å². The van der Waals surface area contributed by atoms with Crippen molar-refractivity contribution in [3.8, 4) is 6.07 Å². The van der Waals surface area contributed by atoms with E-state index in [0.717, 1.165) is 25.8 Å². The SMILES string of the molecule is CC1CCCCN1c1nc2c(c(=O)[nH]1)C(c1ccc(Cl)cc1)C(C#N)C(=O)N2. The summed E-state index contributed by atoms with van der Waals surface area (Å²) in [5.74, 6) is -1.48. The summed E-state index contributed by atoms with van der Waals surface area (Å²) in [5.41, 5.74) is 0.651. The van der Waals surface area contributed by atoms with Crippen LogP contribution in [0.1, 0.15) is 43.2 Å². The summed E-state index contributed by atoms with van der Waals surface area (Å²) in [4.78, 5) is 35.1. The van der Waals surface area contributed by atoms with Crippen molar-refractivity contribution in [2.45, 2.75) is 38.1 Å². The molecule has 0 bridgehead atoms. The van der Waals surface area contributed by atoms with Crippen LogP contribution in [0, 0.1) is 17.2 Å². The Morgan fingerprint density at radius 2 is 2.00 bits per heavy atom. The number of carbonyl (C=O) groups is 1. The van der Waals surface area contributed by atoms with Crippen molar-refractivity contribution in [1.82, 2.24) is 9.97 Å². The van der Waals surface area contributed by atoms with Crippen LogP contribution in [0.25, 0.3) is 0 Å². The molecule has 3 heterocycles. The van der Waals surface area contributed by atoms with Gasteiger partial charge in [0.1, 0.15) is 11.7 Å². The summed E-state index contributed by atoms with van der Waals surface area (Å²) in [6.45, 7) is 2.90. The van der Waals surface area contributed by atoms with E-state index < -0.39 is 17.7 Å². The topological polar surface area (TPSA) is 102 Å². The van der Waals surface area contributed by atoms with E-state index in [1.165, 1.54) is 0 Å². The Bertz CT molecular complexity index is 1010. The number of benzene rings is 1. The summed E-state index contributed by atoms with van der Waals surface area (Å²) < 4.78 is 0. The van der Waals surface area contributed by atoms with Crippen LogP contribution in [0.2, 0.25) is 5.02 Å². The number of anilines is 2. The number of piperidine rings is 1. The van der Waals surface area contributed by atoms with Crippen molar-refractivity contribution in [3.05, 3.63) is 50.8 Å². The summed E-state index contributed by atoms with van der Waals surface area (Å²) in [5, 5.41) is 12.8. The average molecular weight is 398 g/mol. The van der Waals surface area contributed by atoms with Gasteiger partial charge in [-0.15, -0.1) is 0 Å². The van der Waals surface area contributed by atoms with Crippen LogP contribution in [-0.4, -0.2) is 28.5 Å². The first-order valence-corrected chi connectivity index (χ1v) is 9.74. The summed E-state index contributed by atoms with van der Waals surface area (Å²) in [7, 11) is 0. The Balaban J connectivity index is 1.84. The molecule has 1 saturated heterocycles. The van der Waals surface area contributed by atoms with Gasteiger partial charge in [0.25, 0.3) is 5.56 Å². The number of hydrogen-bond acceptors (Lipinski definition) is 5. The normalized spacial score (nSPS) is 24.2. The molecular formula is C20H20ClN5O2. The second kappa shape index (κ2) is 7.28. The van der Waals surface area contributed by atoms with Crippen LogP contribution < -0.4 is 15.8 Å². The Morgan fingerprint density at radius 1 is 1.25 bits per heavy atom. The molecular weight excluding hydrogens is 378 g/mol. The first kappa shape index (κ1) is 18.5. The second-order valence-electron chi connectivity index (χ2n) is 7.32. The number of carbonyl (C=O) groups excluding carboxylic acids is 1. The van der Waals surface area contributed by atoms with Crippen molar-refractivity contribution in [1.29, 1.82) is 5.26 Å². The standard InChI is InChI=1S/C20H20ClN5O2/c1-11-4-2-3-9-26(11)20-24-17-16(19(28)25-20)15(14(10-22)18(27)23-17)12-5-7-13(21)8-6-12/h5-8,11,14-15H,2-4,9H2,1H3,(H2,23,24,25,27,28). The fourth-order valence-corrected chi connectivity index (χ4v) is 4.20. The highest BCUT2D eigenvalue weighted by Gasteiger charge is 2.40. The zero-order valence-electron chi connectivity index (χ0n) is 15.4. The number of aromatic nitrogens is 2. The van der Waals surface area contributed by atoms with Gasteiger partial charge >= 0.3 is 0 Å². The van der Waals surface area contributed by atoms with Gasteiger partial charge in [0.05, 0.1) is 11.6 Å². The lowest BCUT2D eigenvalue weighted by atomic mass is 9.79. The lowest BCUT2D eigenvalue weighted by Crippen LogP contribution is -2.42. The minimum Gasteiger partial charge on any atom is -0.340 e. The summed E-state index contributed by atoms with van der Waals surface area (Å²) in [6, 6.07) is 9.13. The Hall–Kier alpha value is -2.85. The van der Waals surface area contributed by atoms with Gasteiger partial charge in [-0.25, -0.2) is 0 Å². The maximum absolute atomic E-state index is 13.0. The lowest BCUT2D eigenvalue weighted by Gasteiger charge is -2.35. The van der Waals surface area contributed by atoms with Crippen LogP contribution in [0.3, 0.4) is 0 Å². The van der Waals surface area contributed by atoms with Crippen molar-refractivity contribution >= 4 is 29.3 Å². The number of hydrogen-bond donors (Lipinski definition) is 2. The van der Waals surface area contributed by atoms with E-state index in [2.05, 4.69) is 27.1 Å². The van der Waals surface area contributed by atoms with E-state index in [0.29, 0.717) is 22.1 Å². The largest absolute Gasteiger partial charge is 0.340 e. The van der Waals surface area contributed by atoms with Gasteiger partial charge in [-0.1, -0.05) is 23.7 Å². The number of amides is 1. The van der Waals surface area contributed by atoms with Crippen molar-refractivity contribution in [2.75, 3.05) is 16.8 Å². The van der Waals surface area contributed by atoms with Crippen LogP contribution in [0.4, 0.5) is 11.8 Å². The fraction of sp³-hybridized carbons (Fsp3) is 0.400. The highest BCUT2D eigenvalue weighted by molar-refractivity contribution is 6.30. The molecule has 28 heavy (non-hydrogen) atoms. The van der Waals surface area contributed by atoms with Gasteiger partial charge in [-0.2, -0.15) is 10.2 Å². The molecule has 0 saturated carbocycles. The molecule has 1 aromatic heterocycles. The van der Waals surface area contributed by atoms with E-state index in [4.69, 9.17) is 11.6 Å². The molecule has 1 fully saturated rings. The van der Waals surface area contributed by atoms with Gasteiger partial charge in [-0.3, -0.25) is 14.6 Å². The molecule has 2 N–H and O–H groups in total. The average Bonchev–Trinajstić information content (AvgIpc) is 2.68. The molecule has 0 aliphatic carbocycles. The molecule has 4 rings (SSSR count). The minimum atomic E-state index is -1.02. The number of rotatable bonds is 2. The number of aromatic amines is 1. The number of nitrogens with one attached hydrogen (secondary N) is 2. The monoisotopic (exact) mass is 397 g/mol. The number of H-pyrrole nitrogens is 1. The Morgan fingerprint density at radius 3 is 2.68 bits per heavy atom. The molecule has 7 nitrogen and oxygen atoms in total. The smallest absolute Gasteiger partial charge is 0.258 e. The quantitative estimate of drug-likeness (QED) is 0.810. The highest BCUT2D eigenvalue weighted by atomic mass is 35.5. The zero-order chi connectivity index (χ0) is 19.8. The number of nitrogens with zero attached hydrogens (tertiary/aromatic N) is 3. The number of nitriles is 1. The van der Waals surface area contributed by atoms with Crippen LogP contribution in [-0.2, 0) is 4.79 Å². The molecule has 2 aromatic rings. The number of fused-ring (bicyclic) bond motifs is 1.